The van der Waals surface area contributed by atoms with E-state index in [1.165, 1.54) is 6.08 Å². The molecule has 0 aromatic heterocycles. The van der Waals surface area contributed by atoms with Gasteiger partial charge in [0.15, 0.2) is 23.0 Å². The van der Waals surface area contributed by atoms with Crippen LogP contribution in [0.15, 0.2) is 42.5 Å². The minimum Gasteiger partial charge on any atom is -0.493 e. The smallest absolute Gasteiger partial charge is 0.330 e. The summed E-state index contributed by atoms with van der Waals surface area (Å²) in [7, 11) is 6.41. The van der Waals surface area contributed by atoms with Crippen LogP contribution in [0, 0.1) is 0 Å². The van der Waals surface area contributed by atoms with E-state index in [1.54, 1.807) is 28.4 Å². The number of rotatable bonds is 21. The monoisotopic (exact) mass is 624 g/mol. The molecule has 0 N–H and O–H groups in total. The Morgan fingerprint density at radius 2 is 1.40 bits per heavy atom. The molecule has 0 fully saturated rings. The highest BCUT2D eigenvalue weighted by Crippen LogP contribution is 2.39. The standard InChI is InChI=1S/C36H48O9/c1-39-30-21-20-27(18-19-28-25-32(40-2)36(42-4)33(26-28)41-3)24-31(30)43-22-11-7-5-6-10-16-34(37)44-23-12-8-9-14-29-15-13-17-35(38)45-29/h13,17-21,24-26,29H,5-12,14-16,22-23H2,1-4H3/b19-18-/t29-/m0/s1. The van der Waals surface area contributed by atoms with Gasteiger partial charge in [0, 0.05) is 18.9 Å². The zero-order valence-electron chi connectivity index (χ0n) is 27.1. The fourth-order valence-corrected chi connectivity index (χ4v) is 5.04. The van der Waals surface area contributed by atoms with Crippen LogP contribution < -0.4 is 23.7 Å². The van der Waals surface area contributed by atoms with E-state index in [2.05, 4.69) is 0 Å². The van der Waals surface area contributed by atoms with Crippen LogP contribution in [0.25, 0.3) is 12.2 Å². The quantitative estimate of drug-likeness (QED) is 0.0790. The summed E-state index contributed by atoms with van der Waals surface area (Å²) in [4.78, 5) is 23.3. The van der Waals surface area contributed by atoms with Crippen LogP contribution in [0.1, 0.15) is 81.8 Å². The minimum absolute atomic E-state index is 0.0130. The first-order valence-electron chi connectivity index (χ1n) is 15.8. The maximum absolute atomic E-state index is 12.0. The van der Waals surface area contributed by atoms with Gasteiger partial charge in [-0.1, -0.05) is 43.6 Å². The van der Waals surface area contributed by atoms with Gasteiger partial charge in [0.2, 0.25) is 5.75 Å². The zero-order chi connectivity index (χ0) is 32.3. The van der Waals surface area contributed by atoms with E-state index in [9.17, 15) is 9.59 Å². The van der Waals surface area contributed by atoms with Crippen molar-refractivity contribution in [1.82, 2.24) is 0 Å². The lowest BCUT2D eigenvalue weighted by molar-refractivity contribution is -0.145. The van der Waals surface area contributed by atoms with Gasteiger partial charge in [0.25, 0.3) is 0 Å². The fourth-order valence-electron chi connectivity index (χ4n) is 5.04. The molecule has 9 heteroatoms. The van der Waals surface area contributed by atoms with Crippen molar-refractivity contribution in [2.75, 3.05) is 41.7 Å². The molecule has 1 aliphatic rings. The maximum atomic E-state index is 12.0. The average Bonchev–Trinajstić information content (AvgIpc) is 3.06. The van der Waals surface area contributed by atoms with Crippen LogP contribution in [-0.2, 0) is 19.1 Å². The summed E-state index contributed by atoms with van der Waals surface area (Å²) in [6.45, 7) is 1.03. The molecule has 0 saturated carbocycles. The van der Waals surface area contributed by atoms with Crippen LogP contribution in [0.2, 0.25) is 0 Å². The van der Waals surface area contributed by atoms with Gasteiger partial charge in [0.1, 0.15) is 6.10 Å². The first-order valence-corrected chi connectivity index (χ1v) is 15.8. The van der Waals surface area contributed by atoms with Crippen molar-refractivity contribution in [3.05, 3.63) is 53.6 Å². The van der Waals surface area contributed by atoms with Gasteiger partial charge in [-0.2, -0.15) is 0 Å². The van der Waals surface area contributed by atoms with Crippen LogP contribution in [-0.4, -0.2) is 59.7 Å². The van der Waals surface area contributed by atoms with Crippen molar-refractivity contribution in [3.63, 3.8) is 0 Å². The Morgan fingerprint density at radius 1 is 0.756 bits per heavy atom. The number of esters is 2. The third-order valence-corrected chi connectivity index (χ3v) is 7.49. The van der Waals surface area contributed by atoms with Crippen LogP contribution >= 0.6 is 0 Å². The zero-order valence-corrected chi connectivity index (χ0v) is 27.1. The summed E-state index contributed by atoms with van der Waals surface area (Å²) in [5.74, 6) is 2.74. The van der Waals surface area contributed by atoms with Crippen molar-refractivity contribution >= 4 is 24.1 Å². The molecule has 3 rings (SSSR count). The van der Waals surface area contributed by atoms with E-state index in [4.69, 9.17) is 33.2 Å². The van der Waals surface area contributed by atoms with E-state index < -0.39 is 0 Å². The molecule has 0 spiro atoms. The first-order chi connectivity index (χ1) is 22.0. The second-order valence-electron chi connectivity index (χ2n) is 10.8. The Labute approximate surface area is 267 Å². The van der Waals surface area contributed by atoms with Gasteiger partial charge in [-0.3, -0.25) is 4.79 Å². The third-order valence-electron chi connectivity index (χ3n) is 7.49. The number of methoxy groups -OCH3 is 4. The Kier molecular flexibility index (Phi) is 15.7. The van der Waals surface area contributed by atoms with Crippen molar-refractivity contribution in [3.8, 4) is 28.7 Å². The van der Waals surface area contributed by atoms with Crippen molar-refractivity contribution in [2.45, 2.75) is 76.7 Å². The predicted molar refractivity (Wildman–Crippen MR) is 174 cm³/mol. The predicted octanol–water partition coefficient (Wildman–Crippen LogP) is 7.59. The minimum atomic E-state index is -0.254. The molecule has 9 nitrogen and oxygen atoms in total. The molecule has 246 valence electrons. The number of hydrogen-bond acceptors (Lipinski definition) is 9. The molecule has 1 atom stereocenters. The topological polar surface area (TPSA) is 98.8 Å². The first kappa shape index (κ1) is 35.3. The van der Waals surface area contributed by atoms with Gasteiger partial charge < -0.3 is 33.2 Å². The highest BCUT2D eigenvalue weighted by Gasteiger charge is 2.15. The molecule has 1 heterocycles. The highest BCUT2D eigenvalue weighted by molar-refractivity contribution is 5.82. The molecular formula is C36H48O9. The number of benzene rings is 2. The molecule has 0 amide bonds. The number of carbonyl (C=O) groups excluding carboxylic acids is 2. The molecule has 0 saturated heterocycles. The lowest BCUT2D eigenvalue weighted by Gasteiger charge is -2.18. The lowest BCUT2D eigenvalue weighted by Crippen LogP contribution is -2.19. The summed E-state index contributed by atoms with van der Waals surface area (Å²) in [5.41, 5.74) is 1.88. The van der Waals surface area contributed by atoms with Crippen LogP contribution in [0.5, 0.6) is 28.7 Å². The molecule has 2 aromatic rings. The summed E-state index contributed by atoms with van der Waals surface area (Å²) >= 11 is 0. The normalized spacial score (nSPS) is 14.2. The Hall–Kier alpha value is -4.14. The largest absolute Gasteiger partial charge is 0.493 e. The van der Waals surface area contributed by atoms with E-state index in [0.29, 0.717) is 48.4 Å². The Morgan fingerprint density at radius 3 is 2.11 bits per heavy atom. The number of cyclic esters (lactones) is 1. The molecule has 0 unspecified atom stereocenters. The molecule has 1 aliphatic heterocycles. The SMILES string of the molecule is COc1ccc(/C=C\c2cc(OC)c(OC)c(OC)c2)cc1OCCCCCCCC(=O)OCCCCC[C@H]1CC=CC(=O)O1. The molecule has 0 radical (unpaired) electrons. The fraction of sp³-hybridized carbons (Fsp3) is 0.500. The number of unbranched alkanes of at least 4 members (excludes halogenated alkanes) is 6. The van der Waals surface area contributed by atoms with Gasteiger partial charge in [-0.25, -0.2) is 4.79 Å². The van der Waals surface area contributed by atoms with Crippen molar-refractivity contribution in [2.24, 2.45) is 0 Å². The number of carbonyl (C=O) groups is 2. The molecular weight excluding hydrogens is 576 g/mol. The van der Waals surface area contributed by atoms with Crippen molar-refractivity contribution < 1.29 is 42.7 Å². The Balaban J connectivity index is 1.29. The molecule has 45 heavy (non-hydrogen) atoms. The maximum Gasteiger partial charge on any atom is 0.330 e. The van der Waals surface area contributed by atoms with Gasteiger partial charge >= 0.3 is 11.9 Å². The van der Waals surface area contributed by atoms with E-state index in [0.717, 1.165) is 75.3 Å². The van der Waals surface area contributed by atoms with E-state index in [-0.39, 0.29) is 18.0 Å². The van der Waals surface area contributed by atoms with Gasteiger partial charge in [0.05, 0.1) is 41.7 Å². The summed E-state index contributed by atoms with van der Waals surface area (Å²) in [5, 5.41) is 0. The van der Waals surface area contributed by atoms with E-state index >= 15 is 0 Å². The summed E-state index contributed by atoms with van der Waals surface area (Å²) in [6.07, 6.45) is 16.9. The average molecular weight is 625 g/mol. The second kappa shape index (κ2) is 20.0. The lowest BCUT2D eigenvalue weighted by atomic mass is 10.1. The summed E-state index contributed by atoms with van der Waals surface area (Å²) in [6, 6.07) is 9.62. The van der Waals surface area contributed by atoms with Crippen LogP contribution in [0.4, 0.5) is 0 Å². The summed E-state index contributed by atoms with van der Waals surface area (Å²) < 4.78 is 38.5. The molecule has 0 aliphatic carbocycles. The van der Waals surface area contributed by atoms with Crippen molar-refractivity contribution in [1.29, 1.82) is 0 Å². The Bertz CT molecular complexity index is 1240. The highest BCUT2D eigenvalue weighted by atomic mass is 16.5. The second-order valence-corrected chi connectivity index (χ2v) is 10.8. The third kappa shape index (κ3) is 12.4. The molecule has 2 aromatic carbocycles. The van der Waals surface area contributed by atoms with Gasteiger partial charge in [-0.15, -0.1) is 0 Å². The number of hydrogen-bond donors (Lipinski definition) is 0. The molecule has 0 bridgehead atoms. The number of ether oxygens (including phenoxy) is 7. The van der Waals surface area contributed by atoms with E-state index in [1.807, 2.05) is 48.6 Å². The van der Waals surface area contributed by atoms with Crippen LogP contribution in [0.3, 0.4) is 0 Å². The van der Waals surface area contributed by atoms with Gasteiger partial charge in [-0.05, 0) is 73.9 Å².